The van der Waals surface area contributed by atoms with Gasteiger partial charge in [0, 0.05) is 0 Å². The molecular weight excluding hydrogens is 257 g/mol. The predicted octanol–water partition coefficient (Wildman–Crippen LogP) is 1.89. The minimum atomic E-state index is -5.68. The van der Waals surface area contributed by atoms with Crippen LogP contribution in [0, 0.1) is 5.92 Å². The van der Waals surface area contributed by atoms with Gasteiger partial charge in [0.25, 0.3) is 0 Å². The van der Waals surface area contributed by atoms with Crippen LogP contribution in [0.4, 0.5) is 8.39 Å². The fourth-order valence-corrected chi connectivity index (χ4v) is 1.56. The van der Waals surface area contributed by atoms with Crippen LogP contribution >= 0.6 is 7.99 Å². The summed E-state index contributed by atoms with van der Waals surface area (Å²) in [6.45, 7) is 2.03. The van der Waals surface area contributed by atoms with Crippen LogP contribution in [-0.2, 0) is 23.7 Å². The Bertz CT molecular complexity index is 335. The number of hydrogen-bond donors (Lipinski definition) is 1. The van der Waals surface area contributed by atoms with E-state index in [4.69, 9.17) is 4.55 Å². The van der Waals surface area contributed by atoms with Crippen molar-refractivity contribution in [2.75, 3.05) is 6.61 Å². The lowest BCUT2D eigenvalue weighted by Gasteiger charge is -2.18. The van der Waals surface area contributed by atoms with Gasteiger partial charge in [-0.25, -0.2) is 8.75 Å². The van der Waals surface area contributed by atoms with Gasteiger partial charge in [0.15, 0.2) is 0 Å². The molecule has 0 aliphatic carbocycles. The zero-order chi connectivity index (χ0) is 12.3. The summed E-state index contributed by atoms with van der Waals surface area (Å²) < 4.78 is 70.1. The average molecular weight is 268 g/mol. The maximum absolute atomic E-state index is 11.8. The third-order valence-electron chi connectivity index (χ3n) is 1.38. The van der Waals surface area contributed by atoms with Crippen LogP contribution in [0.1, 0.15) is 13.8 Å². The van der Waals surface area contributed by atoms with Crippen molar-refractivity contribution < 1.29 is 34.6 Å². The molecule has 0 saturated carbocycles. The van der Waals surface area contributed by atoms with E-state index in [0.29, 0.717) is 0 Å². The highest BCUT2D eigenvalue weighted by Gasteiger charge is 2.27. The van der Waals surface area contributed by atoms with Gasteiger partial charge in [-0.3, -0.25) is 9.08 Å². The average Bonchev–Trinajstić information content (AvgIpc) is 1.93. The molecule has 0 bridgehead atoms. The third-order valence-corrected chi connectivity index (χ3v) is 2.32. The molecule has 0 spiro atoms. The lowest BCUT2D eigenvalue weighted by atomic mass is 10.1. The second-order valence-electron chi connectivity index (χ2n) is 3.02. The summed E-state index contributed by atoms with van der Waals surface area (Å²) in [4.78, 5) is 0. The summed E-state index contributed by atoms with van der Waals surface area (Å²) in [6.07, 6.45) is -1.32. The van der Waals surface area contributed by atoms with E-state index in [0.717, 1.165) is 0 Å². The van der Waals surface area contributed by atoms with E-state index in [-0.39, 0.29) is 0 Å². The normalized spacial score (nSPS) is 15.6. The molecule has 0 heterocycles. The molecule has 1 N–H and O–H groups in total. The van der Waals surface area contributed by atoms with Crippen molar-refractivity contribution in [3.05, 3.63) is 0 Å². The predicted molar refractivity (Wildman–Crippen MR) is 47.0 cm³/mol. The number of hydrogen-bond acceptors (Lipinski definition) is 5. The second-order valence-corrected chi connectivity index (χ2v) is 5.15. The van der Waals surface area contributed by atoms with Crippen molar-refractivity contribution in [3.8, 4) is 0 Å². The summed E-state index contributed by atoms with van der Waals surface area (Å²) in [7, 11) is -10.4. The van der Waals surface area contributed by atoms with E-state index in [1.54, 1.807) is 0 Å². The Morgan fingerprint density at radius 2 is 1.87 bits per heavy atom. The molecule has 0 rings (SSSR count). The van der Waals surface area contributed by atoms with Crippen LogP contribution in [0.3, 0.4) is 0 Å². The van der Waals surface area contributed by atoms with Crippen molar-refractivity contribution in [2.24, 2.45) is 5.92 Å². The van der Waals surface area contributed by atoms with Crippen molar-refractivity contribution in [1.29, 1.82) is 0 Å². The minimum absolute atomic E-state index is 0.515. The van der Waals surface area contributed by atoms with Gasteiger partial charge in [-0.2, -0.15) is 8.42 Å². The quantitative estimate of drug-likeness (QED) is 0.584. The smallest absolute Gasteiger partial charge is 0.277 e. The van der Waals surface area contributed by atoms with Crippen LogP contribution in [0.25, 0.3) is 0 Å². The Morgan fingerprint density at radius 3 is 2.13 bits per heavy atom. The summed E-state index contributed by atoms with van der Waals surface area (Å²) in [5, 5.41) is 0. The Hall–Kier alpha value is -0.0800. The Labute approximate surface area is 86.2 Å². The summed E-state index contributed by atoms with van der Waals surface area (Å²) in [5.74, 6) is -0.515. The third kappa shape index (κ3) is 8.88. The standard InChI is InChI=1S/C5H11F2O6PS/c1-4(2)5(13-15(9,10)11)3-12-14(6,7)8/h4-5H,3H2,1-2H3,(H,9,10,11). The first-order chi connectivity index (χ1) is 6.51. The molecule has 0 aliphatic rings. The molecule has 0 aromatic carbocycles. The molecule has 0 fully saturated rings. The van der Waals surface area contributed by atoms with Crippen LogP contribution in [0.2, 0.25) is 0 Å². The van der Waals surface area contributed by atoms with Gasteiger partial charge in [-0.1, -0.05) is 13.8 Å². The molecule has 92 valence electrons. The number of rotatable bonds is 6. The van der Waals surface area contributed by atoms with Crippen molar-refractivity contribution >= 4 is 18.4 Å². The first-order valence-electron chi connectivity index (χ1n) is 3.81. The molecular formula is C5H11F2O6PS. The van der Waals surface area contributed by atoms with E-state index >= 15 is 0 Å². The minimum Gasteiger partial charge on any atom is -0.277 e. The molecule has 0 aliphatic heterocycles. The van der Waals surface area contributed by atoms with Crippen molar-refractivity contribution in [2.45, 2.75) is 20.0 Å². The maximum Gasteiger partial charge on any atom is 0.552 e. The lowest BCUT2D eigenvalue weighted by Crippen LogP contribution is -2.27. The first kappa shape index (κ1) is 14.9. The summed E-state index contributed by atoms with van der Waals surface area (Å²) >= 11 is 0. The highest BCUT2D eigenvalue weighted by molar-refractivity contribution is 7.80. The van der Waals surface area contributed by atoms with Crippen molar-refractivity contribution in [1.82, 2.24) is 0 Å². The largest absolute Gasteiger partial charge is 0.552 e. The fourth-order valence-electron chi connectivity index (χ4n) is 0.648. The van der Waals surface area contributed by atoms with Gasteiger partial charge >= 0.3 is 18.4 Å². The lowest BCUT2D eigenvalue weighted by molar-refractivity contribution is 0.0774. The Morgan fingerprint density at radius 1 is 1.40 bits per heavy atom. The Balaban J connectivity index is 4.37. The molecule has 0 aromatic heterocycles. The van der Waals surface area contributed by atoms with Gasteiger partial charge in [-0.15, -0.1) is 8.39 Å². The second kappa shape index (κ2) is 5.31. The van der Waals surface area contributed by atoms with E-state index in [9.17, 15) is 21.4 Å². The number of halogens is 2. The van der Waals surface area contributed by atoms with E-state index in [2.05, 4.69) is 8.71 Å². The molecule has 0 amide bonds. The SMILES string of the molecule is CC(C)C(COP(=O)(F)F)OS(=O)(=O)O. The van der Waals surface area contributed by atoms with E-state index < -0.39 is 37.0 Å². The van der Waals surface area contributed by atoms with Gasteiger partial charge in [0.2, 0.25) is 0 Å². The Kier molecular flexibility index (Phi) is 5.28. The van der Waals surface area contributed by atoms with Crippen molar-refractivity contribution in [3.63, 3.8) is 0 Å². The van der Waals surface area contributed by atoms with Crippen LogP contribution in [0.5, 0.6) is 0 Å². The molecule has 0 aromatic rings. The molecule has 15 heavy (non-hydrogen) atoms. The molecule has 0 saturated heterocycles. The zero-order valence-corrected chi connectivity index (χ0v) is 9.67. The topological polar surface area (TPSA) is 89.9 Å². The van der Waals surface area contributed by atoms with Gasteiger partial charge in [-0.05, 0) is 5.92 Å². The monoisotopic (exact) mass is 268 g/mol. The maximum atomic E-state index is 11.8. The van der Waals surface area contributed by atoms with E-state index in [1.165, 1.54) is 13.8 Å². The molecule has 0 radical (unpaired) electrons. The van der Waals surface area contributed by atoms with Gasteiger partial charge < -0.3 is 0 Å². The van der Waals surface area contributed by atoms with Crippen LogP contribution in [0.15, 0.2) is 0 Å². The fraction of sp³-hybridized carbons (Fsp3) is 1.00. The summed E-state index contributed by atoms with van der Waals surface area (Å²) in [5.41, 5.74) is 0. The molecule has 10 heteroatoms. The summed E-state index contributed by atoms with van der Waals surface area (Å²) in [6, 6.07) is 0. The van der Waals surface area contributed by atoms with Gasteiger partial charge in [0.1, 0.15) is 6.10 Å². The molecule has 6 nitrogen and oxygen atoms in total. The molecule has 1 unspecified atom stereocenters. The highest BCUT2D eigenvalue weighted by Crippen LogP contribution is 2.50. The van der Waals surface area contributed by atoms with Crippen LogP contribution < -0.4 is 0 Å². The van der Waals surface area contributed by atoms with E-state index in [1.807, 2.05) is 0 Å². The van der Waals surface area contributed by atoms with Crippen LogP contribution in [-0.4, -0.2) is 25.7 Å². The molecule has 1 atom stereocenters. The highest BCUT2D eigenvalue weighted by atomic mass is 32.3. The first-order valence-corrected chi connectivity index (χ1v) is 6.58. The zero-order valence-electron chi connectivity index (χ0n) is 7.96. The van der Waals surface area contributed by atoms with Gasteiger partial charge in [0.05, 0.1) is 6.61 Å².